The van der Waals surface area contributed by atoms with Gasteiger partial charge in [0.05, 0.1) is 6.61 Å². The fraction of sp³-hybridized carbons (Fsp3) is 0.400. The number of nitrogens with zero attached hydrogens (tertiary/aromatic N) is 1. The summed E-state index contributed by atoms with van der Waals surface area (Å²) in [4.78, 5) is 10.4. The molecule has 0 saturated heterocycles. The van der Waals surface area contributed by atoms with E-state index < -0.39 is 5.97 Å². The summed E-state index contributed by atoms with van der Waals surface area (Å²) < 4.78 is 5.08. The number of ether oxygens (including phenoxy) is 1. The third-order valence-electron chi connectivity index (χ3n) is 1.43. The summed E-state index contributed by atoms with van der Waals surface area (Å²) in [6.45, 7) is 4.52. The molecular weight excluding hydrogens is 182 g/mol. The van der Waals surface area contributed by atoms with Crippen molar-refractivity contribution in [2.45, 2.75) is 12.8 Å². The average Bonchev–Trinajstić information content (AvgIpc) is 2.16. The van der Waals surface area contributed by atoms with Crippen molar-refractivity contribution in [2.24, 2.45) is 0 Å². The van der Waals surface area contributed by atoms with Crippen LogP contribution in [0.2, 0.25) is 0 Å². The molecule has 0 aromatic heterocycles. The van der Waals surface area contributed by atoms with E-state index in [0.29, 0.717) is 26.1 Å². The smallest absolute Gasteiger partial charge is 0.346 e. The molecule has 0 atom stereocenters. The van der Waals surface area contributed by atoms with Crippen molar-refractivity contribution in [3.8, 4) is 6.07 Å². The van der Waals surface area contributed by atoms with Crippen LogP contribution in [-0.4, -0.2) is 24.3 Å². The molecule has 0 fully saturated rings. The van der Waals surface area contributed by atoms with Gasteiger partial charge in [-0.3, -0.25) is 0 Å². The molecule has 0 rings (SSSR count). The second-order valence-corrected chi connectivity index (χ2v) is 2.54. The van der Waals surface area contributed by atoms with Crippen molar-refractivity contribution >= 4 is 5.97 Å². The Morgan fingerprint density at radius 2 is 2.36 bits per heavy atom. The Morgan fingerprint density at radius 3 is 2.86 bits per heavy atom. The van der Waals surface area contributed by atoms with Gasteiger partial charge in [-0.25, -0.2) is 4.79 Å². The van der Waals surface area contributed by atoms with Crippen molar-refractivity contribution in [3.63, 3.8) is 0 Å². The first-order valence-electron chi connectivity index (χ1n) is 4.24. The third kappa shape index (κ3) is 5.98. The highest BCUT2D eigenvalue weighted by Gasteiger charge is 2.03. The Kier molecular flexibility index (Phi) is 7.10. The van der Waals surface area contributed by atoms with Gasteiger partial charge in [0.25, 0.3) is 0 Å². The van der Waals surface area contributed by atoms with E-state index in [1.165, 1.54) is 6.08 Å². The Labute approximate surface area is 83.1 Å². The van der Waals surface area contributed by atoms with Gasteiger partial charge in [-0.2, -0.15) is 5.26 Å². The molecule has 0 amide bonds. The van der Waals surface area contributed by atoms with Crippen molar-refractivity contribution in [2.75, 3.05) is 13.2 Å². The Hall–Kier alpha value is -1.60. The van der Waals surface area contributed by atoms with E-state index in [4.69, 9.17) is 15.1 Å². The summed E-state index contributed by atoms with van der Waals surface area (Å²) in [5.74, 6) is -1.18. The van der Waals surface area contributed by atoms with Crippen LogP contribution in [0.3, 0.4) is 0 Å². The maximum atomic E-state index is 10.4. The SMILES string of the molecule is C=CCOCCCC=C(C#N)C(=O)O. The molecule has 0 heterocycles. The molecular formula is C10H13NO3. The quantitative estimate of drug-likeness (QED) is 0.289. The van der Waals surface area contributed by atoms with E-state index in [-0.39, 0.29) is 5.57 Å². The topological polar surface area (TPSA) is 70.3 Å². The zero-order chi connectivity index (χ0) is 10.8. The summed E-state index contributed by atoms with van der Waals surface area (Å²) in [5, 5.41) is 16.9. The van der Waals surface area contributed by atoms with Crippen molar-refractivity contribution in [1.29, 1.82) is 5.26 Å². The Morgan fingerprint density at radius 1 is 1.64 bits per heavy atom. The number of hydrogen-bond acceptors (Lipinski definition) is 3. The number of aliphatic carboxylic acids is 1. The lowest BCUT2D eigenvalue weighted by atomic mass is 10.2. The van der Waals surface area contributed by atoms with Crippen molar-refractivity contribution in [1.82, 2.24) is 0 Å². The number of allylic oxidation sites excluding steroid dienone is 1. The first-order valence-corrected chi connectivity index (χ1v) is 4.24. The molecule has 1 N–H and O–H groups in total. The third-order valence-corrected chi connectivity index (χ3v) is 1.43. The molecule has 4 heteroatoms. The van der Waals surface area contributed by atoms with Gasteiger partial charge in [0, 0.05) is 6.61 Å². The van der Waals surface area contributed by atoms with Crippen LogP contribution in [-0.2, 0) is 9.53 Å². The molecule has 0 aliphatic heterocycles. The van der Waals surface area contributed by atoms with E-state index in [1.807, 2.05) is 0 Å². The summed E-state index contributed by atoms with van der Waals surface area (Å²) in [5.41, 5.74) is -0.214. The number of carboxylic acid groups (broad SMARTS) is 1. The van der Waals surface area contributed by atoms with E-state index in [9.17, 15) is 4.79 Å². The number of carboxylic acids is 1. The lowest BCUT2D eigenvalue weighted by molar-refractivity contribution is -0.132. The predicted octanol–water partition coefficient (Wildman–Crippen LogP) is 1.50. The molecule has 4 nitrogen and oxygen atoms in total. The fourth-order valence-corrected chi connectivity index (χ4v) is 0.779. The highest BCUT2D eigenvalue weighted by Crippen LogP contribution is 1.98. The van der Waals surface area contributed by atoms with E-state index in [1.54, 1.807) is 12.1 Å². The van der Waals surface area contributed by atoms with Crippen LogP contribution >= 0.6 is 0 Å². The van der Waals surface area contributed by atoms with E-state index in [0.717, 1.165) is 0 Å². The zero-order valence-corrected chi connectivity index (χ0v) is 7.90. The largest absolute Gasteiger partial charge is 0.477 e. The fourth-order valence-electron chi connectivity index (χ4n) is 0.779. The Bertz CT molecular complexity index is 263. The van der Waals surface area contributed by atoms with Crippen molar-refractivity contribution < 1.29 is 14.6 Å². The van der Waals surface area contributed by atoms with Gasteiger partial charge in [0.15, 0.2) is 0 Å². The average molecular weight is 195 g/mol. The lowest BCUT2D eigenvalue weighted by Crippen LogP contribution is -1.98. The Balaban J connectivity index is 3.65. The second-order valence-electron chi connectivity index (χ2n) is 2.54. The minimum absolute atomic E-state index is 0.214. The van der Waals surface area contributed by atoms with Crippen LogP contribution in [0.5, 0.6) is 0 Å². The molecule has 76 valence electrons. The summed E-state index contributed by atoms with van der Waals surface area (Å²) in [6, 6.07) is 1.61. The van der Waals surface area contributed by atoms with Crippen LogP contribution in [0.15, 0.2) is 24.3 Å². The number of nitriles is 1. The zero-order valence-electron chi connectivity index (χ0n) is 7.90. The second kappa shape index (κ2) is 8.02. The van der Waals surface area contributed by atoms with Gasteiger partial charge in [0.1, 0.15) is 11.6 Å². The normalized spacial score (nSPS) is 10.6. The monoisotopic (exact) mass is 195 g/mol. The van der Waals surface area contributed by atoms with Gasteiger partial charge in [-0.1, -0.05) is 12.2 Å². The van der Waals surface area contributed by atoms with Gasteiger partial charge >= 0.3 is 5.97 Å². The minimum Gasteiger partial charge on any atom is -0.477 e. The maximum absolute atomic E-state index is 10.4. The van der Waals surface area contributed by atoms with E-state index in [2.05, 4.69) is 6.58 Å². The molecule has 14 heavy (non-hydrogen) atoms. The maximum Gasteiger partial charge on any atom is 0.346 e. The van der Waals surface area contributed by atoms with Crippen LogP contribution in [0.25, 0.3) is 0 Å². The first-order chi connectivity index (χ1) is 6.72. The van der Waals surface area contributed by atoms with Crippen LogP contribution in [0.1, 0.15) is 12.8 Å². The van der Waals surface area contributed by atoms with Crippen LogP contribution in [0.4, 0.5) is 0 Å². The van der Waals surface area contributed by atoms with Gasteiger partial charge in [0.2, 0.25) is 0 Å². The molecule has 0 aliphatic rings. The molecule has 0 aromatic rings. The highest BCUT2D eigenvalue weighted by molar-refractivity contribution is 5.90. The standard InChI is InChI=1S/C10H13NO3/c1-2-6-14-7-4-3-5-9(8-11)10(12)13/h2,5H,1,3-4,6-7H2,(H,12,13). The first kappa shape index (κ1) is 12.4. The molecule has 0 aromatic carbocycles. The summed E-state index contributed by atoms with van der Waals surface area (Å²) in [7, 11) is 0. The highest BCUT2D eigenvalue weighted by atomic mass is 16.5. The molecule has 0 spiro atoms. The van der Waals surface area contributed by atoms with Gasteiger partial charge < -0.3 is 9.84 Å². The minimum atomic E-state index is -1.18. The summed E-state index contributed by atoms with van der Waals surface area (Å²) in [6.07, 6.45) is 4.28. The molecule has 0 unspecified atom stereocenters. The van der Waals surface area contributed by atoms with E-state index >= 15 is 0 Å². The molecule has 0 aliphatic carbocycles. The summed E-state index contributed by atoms with van der Waals surface area (Å²) >= 11 is 0. The molecule has 0 bridgehead atoms. The number of rotatable bonds is 7. The van der Waals surface area contributed by atoms with Crippen LogP contribution in [0, 0.1) is 11.3 Å². The van der Waals surface area contributed by atoms with Crippen molar-refractivity contribution in [3.05, 3.63) is 24.3 Å². The lowest BCUT2D eigenvalue weighted by Gasteiger charge is -1.97. The number of carbonyl (C=O) groups is 1. The van der Waals surface area contributed by atoms with Crippen LogP contribution < -0.4 is 0 Å². The van der Waals surface area contributed by atoms with Gasteiger partial charge in [-0.15, -0.1) is 6.58 Å². The van der Waals surface area contributed by atoms with Gasteiger partial charge in [-0.05, 0) is 12.8 Å². The predicted molar refractivity (Wildman–Crippen MR) is 51.6 cm³/mol. The molecule has 0 radical (unpaired) electrons. The number of hydrogen-bond donors (Lipinski definition) is 1. The number of unbranched alkanes of at least 4 members (excludes halogenated alkanes) is 1. The molecule has 0 saturated carbocycles.